The van der Waals surface area contributed by atoms with E-state index < -0.39 is 0 Å². The van der Waals surface area contributed by atoms with Crippen LogP contribution in [0.1, 0.15) is 37.7 Å². The second kappa shape index (κ2) is 6.43. The number of likely N-dealkylation sites (tertiary alicyclic amines) is 2. The fourth-order valence-electron chi connectivity index (χ4n) is 4.25. The maximum atomic E-state index is 3.34. The summed E-state index contributed by atoms with van der Waals surface area (Å²) in [6, 6.07) is 9.65. The minimum absolute atomic E-state index is 0.751. The highest BCUT2D eigenvalue weighted by atomic mass is 15.2. The molecule has 1 aromatic carbocycles. The van der Waals surface area contributed by atoms with Gasteiger partial charge >= 0.3 is 0 Å². The first kappa shape index (κ1) is 14.3. The summed E-state index contributed by atoms with van der Waals surface area (Å²) in [6.07, 6.45) is 9.00. The number of hydrogen-bond donors (Lipinski definition) is 1. The van der Waals surface area contributed by atoms with Crippen molar-refractivity contribution < 1.29 is 0 Å². The number of H-pyrrole nitrogens is 1. The fraction of sp³-hybridized carbons (Fsp3) is 0.579. The molecule has 2 aliphatic heterocycles. The Bertz CT molecular complexity index is 612. The van der Waals surface area contributed by atoms with Crippen molar-refractivity contribution in [2.45, 2.75) is 44.7 Å². The molecule has 22 heavy (non-hydrogen) atoms. The third kappa shape index (κ3) is 2.92. The predicted molar refractivity (Wildman–Crippen MR) is 92.0 cm³/mol. The molecule has 0 unspecified atom stereocenters. The van der Waals surface area contributed by atoms with Crippen molar-refractivity contribution in [3.8, 4) is 0 Å². The first-order chi connectivity index (χ1) is 10.9. The average molecular weight is 297 g/mol. The Balaban J connectivity index is 1.50. The average Bonchev–Trinajstić information content (AvgIpc) is 3.21. The molecule has 3 heterocycles. The molecule has 1 aromatic heterocycles. The second-order valence-corrected chi connectivity index (χ2v) is 6.98. The first-order valence-corrected chi connectivity index (χ1v) is 8.91. The van der Waals surface area contributed by atoms with E-state index in [1.165, 1.54) is 74.7 Å². The van der Waals surface area contributed by atoms with Gasteiger partial charge in [0.25, 0.3) is 0 Å². The van der Waals surface area contributed by atoms with Crippen LogP contribution in [0.5, 0.6) is 0 Å². The summed E-state index contributed by atoms with van der Waals surface area (Å²) < 4.78 is 0. The number of rotatable bonds is 4. The molecule has 0 saturated carbocycles. The fourth-order valence-corrected chi connectivity index (χ4v) is 4.25. The summed E-state index contributed by atoms with van der Waals surface area (Å²) in [5.74, 6) is 0. The normalized spacial score (nSPS) is 24.3. The molecule has 0 aliphatic carbocycles. The minimum atomic E-state index is 0.751. The standard InChI is InChI=1S/C19H27N3/c1-2-13-22(17(7-1)15-21-11-3-4-12-21)14-16-6-5-8-19-18(16)9-10-20-19/h5-6,8-10,17,20H,1-4,7,11-15H2/t17-/m0/s1. The Labute approximate surface area is 133 Å². The quantitative estimate of drug-likeness (QED) is 0.931. The van der Waals surface area contributed by atoms with Gasteiger partial charge in [-0.05, 0) is 63.0 Å². The number of aromatic amines is 1. The molecular formula is C19H27N3. The van der Waals surface area contributed by atoms with Gasteiger partial charge in [-0.3, -0.25) is 4.90 Å². The molecule has 1 N–H and O–H groups in total. The zero-order chi connectivity index (χ0) is 14.8. The van der Waals surface area contributed by atoms with E-state index in [1.54, 1.807) is 0 Å². The molecule has 2 aliphatic rings. The highest BCUT2D eigenvalue weighted by Crippen LogP contribution is 2.25. The Morgan fingerprint density at radius 1 is 1.00 bits per heavy atom. The predicted octanol–water partition coefficient (Wildman–Crippen LogP) is 3.62. The van der Waals surface area contributed by atoms with Gasteiger partial charge in [-0.15, -0.1) is 0 Å². The summed E-state index contributed by atoms with van der Waals surface area (Å²) in [5, 5.41) is 1.40. The van der Waals surface area contributed by atoms with Crippen molar-refractivity contribution in [2.75, 3.05) is 26.2 Å². The Hall–Kier alpha value is -1.32. The number of benzene rings is 1. The van der Waals surface area contributed by atoms with Gasteiger partial charge in [0.05, 0.1) is 0 Å². The van der Waals surface area contributed by atoms with Gasteiger partial charge in [0.15, 0.2) is 0 Å². The number of nitrogens with one attached hydrogen (secondary N) is 1. The van der Waals surface area contributed by atoms with Gasteiger partial charge in [0, 0.05) is 36.2 Å². The highest BCUT2D eigenvalue weighted by molar-refractivity contribution is 5.82. The lowest BCUT2D eigenvalue weighted by molar-refractivity contribution is 0.107. The zero-order valence-electron chi connectivity index (χ0n) is 13.4. The van der Waals surface area contributed by atoms with Crippen LogP contribution in [-0.2, 0) is 6.54 Å². The molecule has 0 bridgehead atoms. The van der Waals surface area contributed by atoms with Crippen LogP contribution in [0, 0.1) is 0 Å². The summed E-state index contributed by atoms with van der Waals surface area (Å²) in [6.45, 7) is 6.28. The smallest absolute Gasteiger partial charge is 0.0457 e. The van der Waals surface area contributed by atoms with Gasteiger partial charge in [0.2, 0.25) is 0 Å². The number of hydrogen-bond acceptors (Lipinski definition) is 2. The van der Waals surface area contributed by atoms with Crippen molar-refractivity contribution in [2.24, 2.45) is 0 Å². The molecule has 3 nitrogen and oxygen atoms in total. The van der Waals surface area contributed by atoms with Crippen LogP contribution in [0.2, 0.25) is 0 Å². The van der Waals surface area contributed by atoms with Crippen molar-refractivity contribution >= 4 is 10.9 Å². The van der Waals surface area contributed by atoms with E-state index in [-0.39, 0.29) is 0 Å². The third-order valence-electron chi connectivity index (χ3n) is 5.48. The van der Waals surface area contributed by atoms with E-state index >= 15 is 0 Å². The number of fused-ring (bicyclic) bond motifs is 1. The maximum Gasteiger partial charge on any atom is 0.0457 e. The molecule has 118 valence electrons. The molecule has 2 saturated heterocycles. The summed E-state index contributed by atoms with van der Waals surface area (Å²) in [7, 11) is 0. The molecule has 4 rings (SSSR count). The van der Waals surface area contributed by atoms with Gasteiger partial charge in [0.1, 0.15) is 0 Å². The lowest BCUT2D eigenvalue weighted by Gasteiger charge is -2.38. The number of aromatic nitrogens is 1. The molecule has 3 heteroatoms. The van der Waals surface area contributed by atoms with E-state index in [9.17, 15) is 0 Å². The molecular weight excluding hydrogens is 270 g/mol. The monoisotopic (exact) mass is 297 g/mol. The van der Waals surface area contributed by atoms with E-state index in [0.717, 1.165) is 12.6 Å². The van der Waals surface area contributed by atoms with Gasteiger partial charge in [-0.1, -0.05) is 18.6 Å². The van der Waals surface area contributed by atoms with Gasteiger partial charge in [-0.2, -0.15) is 0 Å². The van der Waals surface area contributed by atoms with Crippen molar-refractivity contribution in [1.82, 2.24) is 14.8 Å². The number of piperidine rings is 1. The second-order valence-electron chi connectivity index (χ2n) is 6.98. The molecule has 0 radical (unpaired) electrons. The zero-order valence-corrected chi connectivity index (χ0v) is 13.4. The van der Waals surface area contributed by atoms with Crippen molar-refractivity contribution in [1.29, 1.82) is 0 Å². The van der Waals surface area contributed by atoms with Crippen LogP contribution >= 0.6 is 0 Å². The third-order valence-corrected chi connectivity index (χ3v) is 5.48. The highest BCUT2D eigenvalue weighted by Gasteiger charge is 2.26. The number of nitrogens with zero attached hydrogens (tertiary/aromatic N) is 2. The van der Waals surface area contributed by atoms with Gasteiger partial charge in [-0.25, -0.2) is 0 Å². The summed E-state index contributed by atoms with van der Waals surface area (Å²) in [4.78, 5) is 8.76. The lowest BCUT2D eigenvalue weighted by atomic mass is 10.00. The van der Waals surface area contributed by atoms with Crippen molar-refractivity contribution in [3.63, 3.8) is 0 Å². The molecule has 0 spiro atoms. The Morgan fingerprint density at radius 3 is 2.77 bits per heavy atom. The lowest BCUT2D eigenvalue weighted by Crippen LogP contribution is -2.45. The van der Waals surface area contributed by atoms with E-state index in [1.807, 2.05) is 0 Å². The molecule has 2 aromatic rings. The van der Waals surface area contributed by atoms with Crippen LogP contribution in [0.3, 0.4) is 0 Å². The van der Waals surface area contributed by atoms with E-state index in [4.69, 9.17) is 0 Å². The molecule has 2 fully saturated rings. The Morgan fingerprint density at radius 2 is 1.86 bits per heavy atom. The minimum Gasteiger partial charge on any atom is -0.361 e. The van der Waals surface area contributed by atoms with Crippen LogP contribution < -0.4 is 0 Å². The SMILES string of the molecule is c1cc(CN2CCCC[C@H]2CN2CCCC2)c2cc[nH]c2c1. The van der Waals surface area contributed by atoms with Crippen LogP contribution in [0.15, 0.2) is 30.5 Å². The van der Waals surface area contributed by atoms with E-state index in [2.05, 4.69) is 45.2 Å². The summed E-state index contributed by atoms with van der Waals surface area (Å²) in [5.41, 5.74) is 2.75. The van der Waals surface area contributed by atoms with Crippen LogP contribution in [0.4, 0.5) is 0 Å². The molecule has 0 amide bonds. The topological polar surface area (TPSA) is 22.3 Å². The van der Waals surface area contributed by atoms with Crippen molar-refractivity contribution in [3.05, 3.63) is 36.0 Å². The van der Waals surface area contributed by atoms with E-state index in [0.29, 0.717) is 0 Å². The molecule has 1 atom stereocenters. The largest absolute Gasteiger partial charge is 0.361 e. The Kier molecular flexibility index (Phi) is 4.17. The summed E-state index contributed by atoms with van der Waals surface area (Å²) >= 11 is 0. The van der Waals surface area contributed by atoms with Crippen LogP contribution in [-0.4, -0.2) is 47.0 Å². The van der Waals surface area contributed by atoms with Crippen LogP contribution in [0.25, 0.3) is 10.9 Å². The maximum absolute atomic E-state index is 3.34. The first-order valence-electron chi connectivity index (χ1n) is 8.91. The van der Waals surface area contributed by atoms with Gasteiger partial charge < -0.3 is 9.88 Å².